The number of imidazole rings is 1. The SMILES string of the molecule is CCCOc1cccc2c1[nH]c(=S)n2CC1CCCCC1. The fourth-order valence-electron chi connectivity index (χ4n) is 3.30. The largest absolute Gasteiger partial charge is 0.491 e. The van der Waals surface area contributed by atoms with Gasteiger partial charge < -0.3 is 14.3 Å². The van der Waals surface area contributed by atoms with Crippen LogP contribution in [0.2, 0.25) is 0 Å². The number of ether oxygens (including phenoxy) is 1. The summed E-state index contributed by atoms with van der Waals surface area (Å²) in [6, 6.07) is 6.23. The molecule has 21 heavy (non-hydrogen) atoms. The Morgan fingerprint density at radius 3 is 2.86 bits per heavy atom. The number of aromatic nitrogens is 2. The van der Waals surface area contributed by atoms with E-state index in [-0.39, 0.29) is 0 Å². The minimum atomic E-state index is 0.744. The average molecular weight is 304 g/mol. The first kappa shape index (κ1) is 14.6. The highest BCUT2D eigenvalue weighted by Gasteiger charge is 2.16. The van der Waals surface area contributed by atoms with Crippen molar-refractivity contribution >= 4 is 23.3 Å². The molecule has 0 amide bonds. The van der Waals surface area contributed by atoms with Gasteiger partial charge >= 0.3 is 0 Å². The molecule has 0 atom stereocenters. The Labute approximate surface area is 131 Å². The molecule has 3 nitrogen and oxygen atoms in total. The third kappa shape index (κ3) is 3.15. The minimum absolute atomic E-state index is 0.744. The number of hydrogen-bond acceptors (Lipinski definition) is 2. The number of nitrogens with zero attached hydrogens (tertiary/aromatic N) is 1. The van der Waals surface area contributed by atoms with Crippen LogP contribution in [0.1, 0.15) is 45.4 Å². The minimum Gasteiger partial charge on any atom is -0.491 e. The molecular weight excluding hydrogens is 280 g/mol. The topological polar surface area (TPSA) is 29.9 Å². The number of benzene rings is 1. The molecule has 1 saturated carbocycles. The summed E-state index contributed by atoms with van der Waals surface area (Å²) in [5, 5.41) is 0. The lowest BCUT2D eigenvalue weighted by Crippen LogP contribution is -2.14. The molecule has 1 aliphatic rings. The lowest BCUT2D eigenvalue weighted by atomic mass is 9.89. The molecule has 1 aromatic heterocycles. The molecule has 1 fully saturated rings. The van der Waals surface area contributed by atoms with Gasteiger partial charge in [-0.3, -0.25) is 0 Å². The van der Waals surface area contributed by atoms with Crippen molar-refractivity contribution in [1.82, 2.24) is 9.55 Å². The van der Waals surface area contributed by atoms with Gasteiger partial charge in [-0.1, -0.05) is 32.3 Å². The quantitative estimate of drug-likeness (QED) is 0.782. The standard InChI is InChI=1S/C17H24N2OS/c1-2-11-20-15-10-6-9-14-16(15)18-17(21)19(14)12-13-7-4-3-5-8-13/h6,9-10,13H,2-5,7-8,11-12H2,1H3,(H,18,21). The van der Waals surface area contributed by atoms with Crippen molar-refractivity contribution in [3.8, 4) is 5.75 Å². The molecule has 1 aliphatic carbocycles. The molecule has 0 bridgehead atoms. The molecular formula is C17H24N2OS. The molecule has 0 unspecified atom stereocenters. The molecule has 0 aliphatic heterocycles. The Hall–Kier alpha value is -1.29. The maximum atomic E-state index is 5.84. The highest BCUT2D eigenvalue weighted by atomic mass is 32.1. The summed E-state index contributed by atoms with van der Waals surface area (Å²) in [6.07, 6.45) is 7.81. The van der Waals surface area contributed by atoms with Crippen LogP contribution in [-0.4, -0.2) is 16.2 Å². The van der Waals surface area contributed by atoms with Crippen LogP contribution in [0, 0.1) is 10.7 Å². The predicted molar refractivity (Wildman–Crippen MR) is 89.5 cm³/mol. The third-order valence-electron chi connectivity index (χ3n) is 4.40. The Balaban J connectivity index is 1.91. The monoisotopic (exact) mass is 304 g/mol. The van der Waals surface area contributed by atoms with Crippen molar-refractivity contribution in [2.45, 2.75) is 52.0 Å². The van der Waals surface area contributed by atoms with Crippen molar-refractivity contribution < 1.29 is 4.74 Å². The van der Waals surface area contributed by atoms with Crippen LogP contribution in [0.3, 0.4) is 0 Å². The summed E-state index contributed by atoms with van der Waals surface area (Å²) in [5.74, 6) is 1.69. The van der Waals surface area contributed by atoms with Crippen LogP contribution in [0.15, 0.2) is 18.2 Å². The first-order valence-corrected chi connectivity index (χ1v) is 8.54. The van der Waals surface area contributed by atoms with Gasteiger partial charge in [-0.25, -0.2) is 0 Å². The number of para-hydroxylation sites is 1. The van der Waals surface area contributed by atoms with E-state index >= 15 is 0 Å². The van der Waals surface area contributed by atoms with Crippen LogP contribution in [0.5, 0.6) is 5.75 Å². The van der Waals surface area contributed by atoms with Gasteiger partial charge in [0.1, 0.15) is 11.3 Å². The smallest absolute Gasteiger partial charge is 0.178 e. The zero-order chi connectivity index (χ0) is 14.7. The van der Waals surface area contributed by atoms with Crippen molar-refractivity contribution in [1.29, 1.82) is 0 Å². The third-order valence-corrected chi connectivity index (χ3v) is 4.72. The summed E-state index contributed by atoms with van der Waals surface area (Å²) < 4.78 is 8.92. The van der Waals surface area contributed by atoms with E-state index in [1.165, 1.54) is 37.6 Å². The summed E-state index contributed by atoms with van der Waals surface area (Å²) in [6.45, 7) is 3.90. The van der Waals surface area contributed by atoms with Gasteiger partial charge in [0.15, 0.2) is 4.77 Å². The zero-order valence-corrected chi connectivity index (χ0v) is 13.5. The van der Waals surface area contributed by atoms with Gasteiger partial charge in [0, 0.05) is 6.54 Å². The Morgan fingerprint density at radius 1 is 1.29 bits per heavy atom. The predicted octanol–water partition coefficient (Wildman–Crippen LogP) is 5.07. The zero-order valence-electron chi connectivity index (χ0n) is 12.7. The molecule has 3 rings (SSSR count). The number of rotatable bonds is 5. The van der Waals surface area contributed by atoms with E-state index < -0.39 is 0 Å². The first-order valence-electron chi connectivity index (χ1n) is 8.14. The molecule has 0 spiro atoms. The normalized spacial score (nSPS) is 16.4. The van der Waals surface area contributed by atoms with E-state index in [1.54, 1.807) is 0 Å². The first-order chi connectivity index (χ1) is 10.3. The van der Waals surface area contributed by atoms with Crippen LogP contribution in [0.4, 0.5) is 0 Å². The van der Waals surface area contributed by atoms with Crippen molar-refractivity contribution in [2.75, 3.05) is 6.61 Å². The lowest BCUT2D eigenvalue weighted by molar-refractivity contribution is 0.319. The maximum absolute atomic E-state index is 5.84. The second-order valence-electron chi connectivity index (χ2n) is 6.04. The van der Waals surface area contributed by atoms with Gasteiger partial charge in [0.2, 0.25) is 0 Å². The van der Waals surface area contributed by atoms with Gasteiger partial charge in [-0.2, -0.15) is 0 Å². The van der Waals surface area contributed by atoms with E-state index in [0.29, 0.717) is 0 Å². The van der Waals surface area contributed by atoms with E-state index in [2.05, 4.69) is 28.6 Å². The second-order valence-corrected chi connectivity index (χ2v) is 6.43. The molecule has 2 aromatic rings. The van der Waals surface area contributed by atoms with Crippen LogP contribution < -0.4 is 4.74 Å². The Bertz CT molecular complexity index is 652. The fourth-order valence-corrected chi connectivity index (χ4v) is 3.57. The van der Waals surface area contributed by atoms with Gasteiger partial charge in [0.25, 0.3) is 0 Å². The number of fused-ring (bicyclic) bond motifs is 1. The van der Waals surface area contributed by atoms with Crippen LogP contribution in [-0.2, 0) is 6.54 Å². The van der Waals surface area contributed by atoms with E-state index in [1.807, 2.05) is 6.07 Å². The van der Waals surface area contributed by atoms with E-state index in [0.717, 1.165) is 41.5 Å². The van der Waals surface area contributed by atoms with Gasteiger partial charge in [-0.15, -0.1) is 0 Å². The lowest BCUT2D eigenvalue weighted by Gasteiger charge is -2.22. The number of nitrogens with one attached hydrogen (secondary N) is 1. The molecule has 4 heteroatoms. The van der Waals surface area contributed by atoms with Crippen LogP contribution in [0.25, 0.3) is 11.0 Å². The summed E-state index contributed by atoms with van der Waals surface area (Å²) >= 11 is 5.55. The van der Waals surface area contributed by atoms with Crippen molar-refractivity contribution in [2.24, 2.45) is 5.92 Å². The van der Waals surface area contributed by atoms with E-state index in [4.69, 9.17) is 17.0 Å². The summed E-state index contributed by atoms with van der Waals surface area (Å²) in [4.78, 5) is 3.35. The molecule has 0 radical (unpaired) electrons. The van der Waals surface area contributed by atoms with Crippen molar-refractivity contribution in [3.63, 3.8) is 0 Å². The van der Waals surface area contributed by atoms with Gasteiger partial charge in [0.05, 0.1) is 12.1 Å². The highest BCUT2D eigenvalue weighted by molar-refractivity contribution is 7.71. The summed E-state index contributed by atoms with van der Waals surface area (Å²) in [5.41, 5.74) is 2.23. The molecule has 1 heterocycles. The Kier molecular flexibility index (Phi) is 4.63. The number of hydrogen-bond donors (Lipinski definition) is 1. The molecule has 1 N–H and O–H groups in total. The second kappa shape index (κ2) is 6.65. The summed E-state index contributed by atoms with van der Waals surface area (Å²) in [7, 11) is 0. The molecule has 114 valence electrons. The highest BCUT2D eigenvalue weighted by Crippen LogP contribution is 2.29. The number of H-pyrrole nitrogens is 1. The maximum Gasteiger partial charge on any atom is 0.178 e. The van der Waals surface area contributed by atoms with Crippen molar-refractivity contribution in [3.05, 3.63) is 23.0 Å². The van der Waals surface area contributed by atoms with Crippen LogP contribution >= 0.6 is 12.2 Å². The Morgan fingerprint density at radius 2 is 2.10 bits per heavy atom. The van der Waals surface area contributed by atoms with Gasteiger partial charge in [-0.05, 0) is 49.5 Å². The number of aromatic amines is 1. The fraction of sp³-hybridized carbons (Fsp3) is 0.588. The average Bonchev–Trinajstić information content (AvgIpc) is 2.83. The molecule has 0 saturated heterocycles. The molecule has 1 aromatic carbocycles. The van der Waals surface area contributed by atoms with E-state index in [9.17, 15) is 0 Å².